The second kappa shape index (κ2) is 12.3. The molecule has 0 saturated carbocycles. The van der Waals surface area contributed by atoms with Gasteiger partial charge < -0.3 is 15.1 Å². The maximum absolute atomic E-state index is 9.12. The number of quaternary nitrogens is 1. The van der Waals surface area contributed by atoms with Gasteiger partial charge in [0, 0.05) is 0 Å². The van der Waals surface area contributed by atoms with Crippen molar-refractivity contribution in [3.8, 4) is 0 Å². The molecule has 0 aromatic rings. The summed E-state index contributed by atoms with van der Waals surface area (Å²) in [6.45, 7) is 11.6. The number of hydrogen-bond donors (Lipinski definition) is 1. The molecule has 106 valence electrons. The molecule has 0 aliphatic heterocycles. The third-order valence-corrected chi connectivity index (χ3v) is 3.90. The molecule has 0 unspecified atom stereocenters. The highest BCUT2D eigenvalue weighted by atomic mass is 16.3. The van der Waals surface area contributed by atoms with Crippen LogP contribution in [0.3, 0.4) is 0 Å². The van der Waals surface area contributed by atoms with Crippen LogP contribution in [0.15, 0.2) is 0 Å². The molecule has 3 nitrogen and oxygen atoms in total. The summed E-state index contributed by atoms with van der Waals surface area (Å²) in [5.74, 6) is 0. The molecule has 0 rings (SSSR count). The Morgan fingerprint density at radius 2 is 1.29 bits per heavy atom. The van der Waals surface area contributed by atoms with Gasteiger partial charge in [0.05, 0.1) is 26.2 Å². The summed E-state index contributed by atoms with van der Waals surface area (Å²) in [4.78, 5) is 0. The average Bonchev–Trinajstić information content (AvgIpc) is 2.32. The van der Waals surface area contributed by atoms with E-state index in [0.29, 0.717) is 6.61 Å². The minimum absolute atomic E-state index is 0. The van der Waals surface area contributed by atoms with Crippen LogP contribution in [-0.2, 0) is 0 Å². The van der Waals surface area contributed by atoms with E-state index in [2.05, 4.69) is 20.8 Å². The van der Waals surface area contributed by atoms with E-state index in [1.54, 1.807) is 0 Å². The lowest BCUT2D eigenvalue weighted by Crippen LogP contribution is -2.50. The van der Waals surface area contributed by atoms with Gasteiger partial charge in [0.15, 0.2) is 0 Å². The first-order chi connectivity index (χ1) is 7.74. The van der Waals surface area contributed by atoms with E-state index < -0.39 is 0 Å². The number of aliphatic hydroxyl groups excluding tert-OH is 1. The van der Waals surface area contributed by atoms with Gasteiger partial charge in [-0.15, -0.1) is 0 Å². The lowest BCUT2D eigenvalue weighted by atomic mass is 10.1. The Kier molecular flexibility index (Phi) is 14.0. The molecule has 0 saturated heterocycles. The Morgan fingerprint density at radius 1 is 0.765 bits per heavy atom. The minimum Gasteiger partial charge on any atom is -0.870 e. The van der Waals surface area contributed by atoms with Crippen molar-refractivity contribution in [3.05, 3.63) is 0 Å². The van der Waals surface area contributed by atoms with Gasteiger partial charge in [0.1, 0.15) is 6.54 Å². The predicted octanol–water partition coefficient (Wildman–Crippen LogP) is 3.02. The number of hydrogen-bond acceptors (Lipinski definition) is 2. The molecule has 0 bridgehead atoms. The van der Waals surface area contributed by atoms with Crippen LogP contribution in [0.2, 0.25) is 0 Å². The Bertz CT molecular complexity index is 147. The first-order valence-corrected chi connectivity index (χ1v) is 7.20. The van der Waals surface area contributed by atoms with Gasteiger partial charge in [-0.2, -0.15) is 0 Å². The van der Waals surface area contributed by atoms with Gasteiger partial charge in [-0.3, -0.25) is 0 Å². The summed E-state index contributed by atoms with van der Waals surface area (Å²) in [7, 11) is 0. The Balaban J connectivity index is 0. The highest BCUT2D eigenvalue weighted by Gasteiger charge is 2.21. The maximum Gasteiger partial charge on any atom is 0.102 e. The highest BCUT2D eigenvalue weighted by Crippen LogP contribution is 2.11. The molecule has 0 fully saturated rings. The van der Waals surface area contributed by atoms with Crippen molar-refractivity contribution in [2.24, 2.45) is 0 Å². The van der Waals surface area contributed by atoms with E-state index in [9.17, 15) is 0 Å². The van der Waals surface area contributed by atoms with Crippen molar-refractivity contribution in [1.82, 2.24) is 0 Å². The number of unbranched alkanes of at least 4 members (excludes halogenated alkanes) is 5. The third kappa shape index (κ3) is 8.58. The van der Waals surface area contributed by atoms with Crippen LogP contribution in [0.25, 0.3) is 0 Å². The van der Waals surface area contributed by atoms with E-state index in [0.717, 1.165) is 24.1 Å². The summed E-state index contributed by atoms with van der Waals surface area (Å²) >= 11 is 0. The zero-order valence-corrected chi connectivity index (χ0v) is 12.1. The molecular formula is C14H33NO2. The van der Waals surface area contributed by atoms with E-state index >= 15 is 0 Å². The van der Waals surface area contributed by atoms with Crippen LogP contribution in [0.5, 0.6) is 0 Å². The first kappa shape index (κ1) is 19.2. The van der Waals surface area contributed by atoms with Crippen molar-refractivity contribution in [1.29, 1.82) is 0 Å². The average molecular weight is 247 g/mol. The molecule has 2 N–H and O–H groups in total. The summed E-state index contributed by atoms with van der Waals surface area (Å²) in [5.41, 5.74) is 0. The molecule has 0 aliphatic rings. The molecule has 0 aromatic carbocycles. The van der Waals surface area contributed by atoms with Crippen molar-refractivity contribution in [3.63, 3.8) is 0 Å². The maximum atomic E-state index is 9.12. The van der Waals surface area contributed by atoms with Crippen LogP contribution >= 0.6 is 0 Å². The molecule has 0 atom stereocenters. The topological polar surface area (TPSA) is 50.2 Å². The van der Waals surface area contributed by atoms with Crippen LogP contribution in [-0.4, -0.2) is 47.9 Å². The van der Waals surface area contributed by atoms with E-state index in [-0.39, 0.29) is 5.48 Å². The molecule has 0 spiro atoms. The Morgan fingerprint density at radius 3 is 1.76 bits per heavy atom. The molecule has 0 amide bonds. The normalized spacial score (nSPS) is 11.3. The van der Waals surface area contributed by atoms with Gasteiger partial charge in [-0.05, 0) is 26.7 Å². The highest BCUT2D eigenvalue weighted by molar-refractivity contribution is 4.46. The second-order valence-corrected chi connectivity index (χ2v) is 4.91. The number of nitrogens with zero attached hydrogens (tertiary/aromatic N) is 1. The third-order valence-electron chi connectivity index (χ3n) is 3.90. The zero-order chi connectivity index (χ0) is 12.3. The van der Waals surface area contributed by atoms with Crippen LogP contribution in [0, 0.1) is 0 Å². The van der Waals surface area contributed by atoms with Gasteiger partial charge >= 0.3 is 0 Å². The zero-order valence-electron chi connectivity index (χ0n) is 12.1. The fourth-order valence-corrected chi connectivity index (χ4v) is 2.41. The van der Waals surface area contributed by atoms with Crippen LogP contribution < -0.4 is 0 Å². The summed E-state index contributed by atoms with van der Waals surface area (Å²) < 4.78 is 1.10. The Labute approximate surface area is 108 Å². The van der Waals surface area contributed by atoms with Crippen molar-refractivity contribution in [2.45, 2.75) is 59.3 Å². The molecule has 0 heterocycles. The van der Waals surface area contributed by atoms with Crippen LogP contribution in [0.1, 0.15) is 59.3 Å². The van der Waals surface area contributed by atoms with Crippen molar-refractivity contribution >= 4 is 0 Å². The molecule has 0 aromatic heterocycles. The Hall–Kier alpha value is -0.120. The van der Waals surface area contributed by atoms with Gasteiger partial charge in [-0.25, -0.2) is 0 Å². The molecule has 3 heteroatoms. The number of likely N-dealkylation sites (N-methyl/N-ethyl adjacent to an activating group) is 1. The molecule has 0 radical (unpaired) electrons. The predicted molar refractivity (Wildman–Crippen MR) is 73.5 cm³/mol. The van der Waals surface area contributed by atoms with E-state index in [4.69, 9.17) is 5.11 Å². The number of rotatable bonds is 11. The SMILES string of the molecule is CCCCCCCC[N+](CC)(CC)CCO.[OH-]. The minimum atomic E-state index is 0. The molecular weight excluding hydrogens is 214 g/mol. The van der Waals surface area contributed by atoms with Gasteiger partial charge in [0.25, 0.3) is 0 Å². The summed E-state index contributed by atoms with van der Waals surface area (Å²) in [5, 5.41) is 9.12. The number of aliphatic hydroxyl groups is 1. The lowest BCUT2D eigenvalue weighted by Gasteiger charge is -2.36. The van der Waals surface area contributed by atoms with Gasteiger partial charge in [0.2, 0.25) is 0 Å². The quantitative estimate of drug-likeness (QED) is 0.451. The van der Waals surface area contributed by atoms with E-state index in [1.807, 2.05) is 0 Å². The monoisotopic (exact) mass is 247 g/mol. The van der Waals surface area contributed by atoms with Crippen molar-refractivity contribution in [2.75, 3.05) is 32.8 Å². The first-order valence-electron chi connectivity index (χ1n) is 7.20. The fraction of sp³-hybridized carbons (Fsp3) is 1.00. The fourth-order valence-electron chi connectivity index (χ4n) is 2.41. The van der Waals surface area contributed by atoms with E-state index in [1.165, 1.54) is 45.1 Å². The second-order valence-electron chi connectivity index (χ2n) is 4.91. The lowest BCUT2D eigenvalue weighted by molar-refractivity contribution is -0.925. The van der Waals surface area contributed by atoms with Gasteiger partial charge in [-0.1, -0.05) is 32.6 Å². The summed E-state index contributed by atoms with van der Waals surface area (Å²) in [6, 6.07) is 0. The molecule has 17 heavy (non-hydrogen) atoms. The van der Waals surface area contributed by atoms with Crippen molar-refractivity contribution < 1.29 is 15.1 Å². The largest absolute Gasteiger partial charge is 0.870 e. The standard InChI is InChI=1S/C14H32NO.H2O/c1-4-7-8-9-10-11-12-15(5-2,6-3)13-14-16;/h16H,4-14H2,1-3H3;1H2/q+1;/p-1. The van der Waals surface area contributed by atoms with Crippen LogP contribution in [0.4, 0.5) is 0 Å². The smallest absolute Gasteiger partial charge is 0.102 e. The summed E-state index contributed by atoms with van der Waals surface area (Å²) in [6.07, 6.45) is 8.19. The molecule has 0 aliphatic carbocycles.